The van der Waals surface area contributed by atoms with Crippen LogP contribution in [0.15, 0.2) is 36.5 Å². The van der Waals surface area contributed by atoms with E-state index in [0.29, 0.717) is 22.5 Å². The van der Waals surface area contributed by atoms with Crippen molar-refractivity contribution in [1.29, 1.82) is 0 Å². The van der Waals surface area contributed by atoms with Crippen LogP contribution < -0.4 is 5.32 Å². The van der Waals surface area contributed by atoms with E-state index in [4.69, 9.17) is 5.11 Å². The number of hydrogen-bond donors (Lipinski definition) is 2. The van der Waals surface area contributed by atoms with E-state index in [1.54, 1.807) is 44.3 Å². The molecule has 2 aromatic rings. The third-order valence-corrected chi connectivity index (χ3v) is 2.99. The molecule has 20 heavy (non-hydrogen) atoms. The zero-order valence-corrected chi connectivity index (χ0v) is 11.2. The molecule has 0 radical (unpaired) electrons. The first kappa shape index (κ1) is 13.7. The summed E-state index contributed by atoms with van der Waals surface area (Å²) in [6.07, 6.45) is 1.60. The molecule has 0 aliphatic rings. The molecule has 1 aromatic carbocycles. The van der Waals surface area contributed by atoms with Gasteiger partial charge in [-0.25, -0.2) is 4.79 Å². The molecule has 0 fully saturated rings. The average Bonchev–Trinajstić information content (AvgIpc) is 2.41. The van der Waals surface area contributed by atoms with Gasteiger partial charge in [0.15, 0.2) is 0 Å². The summed E-state index contributed by atoms with van der Waals surface area (Å²) in [6.45, 7) is 3.48. The number of aromatic carboxylic acids is 1. The molecule has 1 aromatic heterocycles. The van der Waals surface area contributed by atoms with E-state index in [9.17, 15) is 9.59 Å². The third kappa shape index (κ3) is 2.66. The SMILES string of the molecule is Cc1cccc(C(=O)O)c1NC(=O)c1cccnc1C. The zero-order valence-electron chi connectivity index (χ0n) is 11.2. The van der Waals surface area contributed by atoms with Crippen molar-refractivity contribution in [2.75, 3.05) is 5.32 Å². The van der Waals surface area contributed by atoms with E-state index in [1.807, 2.05) is 0 Å². The number of aryl methyl sites for hydroxylation is 2. The summed E-state index contributed by atoms with van der Waals surface area (Å²) < 4.78 is 0. The van der Waals surface area contributed by atoms with Gasteiger partial charge in [-0.1, -0.05) is 12.1 Å². The molecule has 0 saturated carbocycles. The number of carboxylic acid groups (broad SMARTS) is 1. The van der Waals surface area contributed by atoms with Gasteiger partial charge in [-0.3, -0.25) is 9.78 Å². The van der Waals surface area contributed by atoms with Gasteiger partial charge >= 0.3 is 5.97 Å². The number of rotatable bonds is 3. The Morgan fingerprint density at radius 2 is 1.80 bits per heavy atom. The van der Waals surface area contributed by atoms with Crippen LogP contribution in [0.25, 0.3) is 0 Å². The van der Waals surface area contributed by atoms with E-state index in [1.165, 1.54) is 6.07 Å². The van der Waals surface area contributed by atoms with Crippen LogP contribution in [0.4, 0.5) is 5.69 Å². The maximum Gasteiger partial charge on any atom is 0.337 e. The van der Waals surface area contributed by atoms with E-state index >= 15 is 0 Å². The van der Waals surface area contributed by atoms with Crippen molar-refractivity contribution in [3.05, 3.63) is 58.9 Å². The van der Waals surface area contributed by atoms with Gasteiger partial charge in [-0.2, -0.15) is 0 Å². The number of nitrogens with one attached hydrogen (secondary N) is 1. The molecule has 5 heteroatoms. The van der Waals surface area contributed by atoms with Crippen molar-refractivity contribution < 1.29 is 14.7 Å². The van der Waals surface area contributed by atoms with Crippen molar-refractivity contribution >= 4 is 17.6 Å². The van der Waals surface area contributed by atoms with E-state index in [2.05, 4.69) is 10.3 Å². The molecule has 1 amide bonds. The van der Waals surface area contributed by atoms with Crippen molar-refractivity contribution in [2.45, 2.75) is 13.8 Å². The van der Waals surface area contributed by atoms with Crippen molar-refractivity contribution in [3.8, 4) is 0 Å². The predicted molar refractivity (Wildman–Crippen MR) is 75.1 cm³/mol. The van der Waals surface area contributed by atoms with Gasteiger partial charge < -0.3 is 10.4 Å². The minimum absolute atomic E-state index is 0.0693. The van der Waals surface area contributed by atoms with E-state index < -0.39 is 5.97 Å². The maximum atomic E-state index is 12.2. The van der Waals surface area contributed by atoms with Crippen LogP contribution in [0.3, 0.4) is 0 Å². The second kappa shape index (κ2) is 5.52. The monoisotopic (exact) mass is 270 g/mol. The van der Waals surface area contributed by atoms with Gasteiger partial charge in [0, 0.05) is 11.9 Å². The number of para-hydroxylation sites is 1. The Balaban J connectivity index is 2.38. The molecular weight excluding hydrogens is 256 g/mol. The Morgan fingerprint density at radius 3 is 2.45 bits per heavy atom. The maximum absolute atomic E-state index is 12.2. The van der Waals surface area contributed by atoms with Gasteiger partial charge in [0.1, 0.15) is 0 Å². The number of anilines is 1. The highest BCUT2D eigenvalue weighted by Crippen LogP contribution is 2.21. The topological polar surface area (TPSA) is 79.3 Å². The van der Waals surface area contributed by atoms with Crippen molar-refractivity contribution in [1.82, 2.24) is 4.98 Å². The summed E-state index contributed by atoms with van der Waals surface area (Å²) >= 11 is 0. The fourth-order valence-electron chi connectivity index (χ4n) is 1.92. The molecule has 0 aliphatic carbocycles. The molecule has 2 rings (SSSR count). The number of amides is 1. The molecule has 1 heterocycles. The number of carboxylic acids is 1. The Hall–Kier alpha value is -2.69. The van der Waals surface area contributed by atoms with E-state index in [0.717, 1.165) is 0 Å². The molecule has 0 bridgehead atoms. The fraction of sp³-hybridized carbons (Fsp3) is 0.133. The summed E-state index contributed by atoms with van der Waals surface area (Å²) in [7, 11) is 0. The molecule has 2 N–H and O–H groups in total. The molecular formula is C15H14N2O3. The van der Waals surface area contributed by atoms with Crippen LogP contribution in [0.5, 0.6) is 0 Å². The first-order valence-electron chi connectivity index (χ1n) is 6.06. The third-order valence-electron chi connectivity index (χ3n) is 2.99. The van der Waals surface area contributed by atoms with Gasteiger partial charge in [0.05, 0.1) is 16.8 Å². The lowest BCUT2D eigenvalue weighted by Gasteiger charge is -2.12. The number of aromatic nitrogens is 1. The highest BCUT2D eigenvalue weighted by atomic mass is 16.4. The Kier molecular flexibility index (Phi) is 3.79. The molecule has 0 unspecified atom stereocenters. The number of carbonyl (C=O) groups excluding carboxylic acids is 1. The predicted octanol–water partition coefficient (Wildman–Crippen LogP) is 2.65. The van der Waals surface area contributed by atoms with Crippen molar-refractivity contribution in [3.63, 3.8) is 0 Å². The number of nitrogens with zero attached hydrogens (tertiary/aromatic N) is 1. The van der Waals surface area contributed by atoms with Crippen LogP contribution in [-0.2, 0) is 0 Å². The number of carbonyl (C=O) groups is 2. The minimum Gasteiger partial charge on any atom is -0.478 e. The summed E-state index contributed by atoms with van der Waals surface area (Å²) in [4.78, 5) is 27.5. The first-order chi connectivity index (χ1) is 9.50. The normalized spacial score (nSPS) is 10.1. The standard InChI is InChI=1S/C15H14N2O3/c1-9-5-3-6-12(15(19)20)13(9)17-14(18)11-7-4-8-16-10(11)2/h3-8H,1-2H3,(H,17,18)(H,19,20). The lowest BCUT2D eigenvalue weighted by molar-refractivity contribution is 0.0698. The summed E-state index contributed by atoms with van der Waals surface area (Å²) in [5.41, 5.74) is 2.09. The number of pyridine rings is 1. The Bertz CT molecular complexity index is 681. The van der Waals surface area contributed by atoms with Crippen molar-refractivity contribution in [2.24, 2.45) is 0 Å². The highest BCUT2D eigenvalue weighted by Gasteiger charge is 2.16. The zero-order chi connectivity index (χ0) is 14.7. The smallest absolute Gasteiger partial charge is 0.337 e. The van der Waals surface area contributed by atoms with Crippen LogP contribution in [0.2, 0.25) is 0 Å². The van der Waals surface area contributed by atoms with Crippen LogP contribution in [-0.4, -0.2) is 22.0 Å². The number of benzene rings is 1. The molecule has 5 nitrogen and oxygen atoms in total. The first-order valence-corrected chi connectivity index (χ1v) is 6.06. The number of hydrogen-bond acceptors (Lipinski definition) is 3. The fourth-order valence-corrected chi connectivity index (χ4v) is 1.92. The van der Waals surface area contributed by atoms with Crippen LogP contribution in [0.1, 0.15) is 32.0 Å². The summed E-state index contributed by atoms with van der Waals surface area (Å²) in [5, 5.41) is 11.8. The molecule has 0 atom stereocenters. The molecule has 0 spiro atoms. The quantitative estimate of drug-likeness (QED) is 0.898. The largest absolute Gasteiger partial charge is 0.478 e. The Labute approximate surface area is 116 Å². The van der Waals surface area contributed by atoms with Gasteiger partial charge in [-0.05, 0) is 37.6 Å². The van der Waals surface area contributed by atoms with Crippen LogP contribution >= 0.6 is 0 Å². The van der Waals surface area contributed by atoms with Crippen LogP contribution in [0, 0.1) is 13.8 Å². The minimum atomic E-state index is -1.08. The molecule has 0 aliphatic heterocycles. The lowest BCUT2D eigenvalue weighted by atomic mass is 10.1. The van der Waals surface area contributed by atoms with Gasteiger partial charge in [0.2, 0.25) is 0 Å². The van der Waals surface area contributed by atoms with E-state index in [-0.39, 0.29) is 11.5 Å². The average molecular weight is 270 g/mol. The van der Waals surface area contributed by atoms with Gasteiger partial charge in [-0.15, -0.1) is 0 Å². The highest BCUT2D eigenvalue weighted by molar-refractivity contribution is 6.08. The summed E-state index contributed by atoms with van der Waals surface area (Å²) in [5.74, 6) is -1.45. The van der Waals surface area contributed by atoms with Gasteiger partial charge in [0.25, 0.3) is 5.91 Å². The Morgan fingerprint density at radius 1 is 1.10 bits per heavy atom. The molecule has 0 saturated heterocycles. The molecule has 102 valence electrons. The second-order valence-electron chi connectivity index (χ2n) is 4.39. The summed E-state index contributed by atoms with van der Waals surface area (Å²) in [6, 6.07) is 8.16. The second-order valence-corrected chi connectivity index (χ2v) is 4.39. The lowest BCUT2D eigenvalue weighted by Crippen LogP contribution is -2.17.